The van der Waals surface area contributed by atoms with Crippen molar-refractivity contribution in [3.05, 3.63) is 0 Å². The fraction of sp³-hybridized carbons (Fsp3) is 0.909. The Bertz CT molecular complexity index is 240. The van der Waals surface area contributed by atoms with Gasteiger partial charge >= 0.3 is 5.97 Å². The number of hydrogen-bond acceptors (Lipinski definition) is 4. The zero-order chi connectivity index (χ0) is 11.5. The van der Waals surface area contributed by atoms with Crippen LogP contribution in [0.25, 0.3) is 0 Å². The Morgan fingerprint density at radius 1 is 1.53 bits per heavy atom. The topological polar surface area (TPSA) is 46.5 Å². The number of hydrogen-bond donors (Lipinski definition) is 1. The van der Waals surface area contributed by atoms with Gasteiger partial charge in [-0.1, -0.05) is 13.8 Å². The lowest BCUT2D eigenvalue weighted by Gasteiger charge is -2.45. The van der Waals surface area contributed by atoms with E-state index in [-0.39, 0.29) is 17.8 Å². The van der Waals surface area contributed by atoms with E-state index in [1.807, 2.05) is 13.8 Å². The maximum Gasteiger partial charge on any atom is 0.308 e. The second-order valence-electron chi connectivity index (χ2n) is 4.70. The van der Waals surface area contributed by atoms with Crippen LogP contribution in [0.2, 0.25) is 0 Å². The molecule has 1 heterocycles. The van der Waals surface area contributed by atoms with Crippen molar-refractivity contribution in [3.63, 3.8) is 0 Å². The third-order valence-corrected chi connectivity index (χ3v) is 4.39. The minimum absolute atomic E-state index is 0.112. The van der Waals surface area contributed by atoms with Crippen molar-refractivity contribution >= 4 is 17.7 Å². The summed E-state index contributed by atoms with van der Waals surface area (Å²) in [5.74, 6) is 1.38. The summed E-state index contributed by atoms with van der Waals surface area (Å²) in [6.07, 6.45) is 1.05. The van der Waals surface area contributed by atoms with Crippen LogP contribution in [0.15, 0.2) is 0 Å². The minimum Gasteiger partial charge on any atom is -0.466 e. The van der Waals surface area contributed by atoms with Crippen LogP contribution in [0.4, 0.5) is 0 Å². The van der Waals surface area contributed by atoms with E-state index in [9.17, 15) is 9.90 Å². The number of carbonyl (C=O) groups is 1. The maximum absolute atomic E-state index is 11.4. The van der Waals surface area contributed by atoms with Crippen LogP contribution >= 0.6 is 11.8 Å². The molecule has 1 atom stereocenters. The molecule has 0 aromatic rings. The van der Waals surface area contributed by atoms with Crippen molar-refractivity contribution in [2.75, 3.05) is 18.1 Å². The van der Waals surface area contributed by atoms with E-state index in [4.69, 9.17) is 4.74 Å². The molecule has 1 saturated heterocycles. The van der Waals surface area contributed by atoms with Crippen molar-refractivity contribution in [3.8, 4) is 0 Å². The molecule has 4 heteroatoms. The van der Waals surface area contributed by atoms with Gasteiger partial charge in [-0.15, -0.1) is 0 Å². The number of rotatable bonds is 3. The summed E-state index contributed by atoms with van der Waals surface area (Å²) in [7, 11) is 0. The number of esters is 1. The van der Waals surface area contributed by atoms with Gasteiger partial charge in [0.25, 0.3) is 0 Å². The second-order valence-corrected chi connectivity index (χ2v) is 5.81. The molecule has 88 valence electrons. The number of thioether (sulfide) groups is 1. The molecule has 1 N–H and O–H groups in total. The molecule has 1 unspecified atom stereocenters. The fourth-order valence-corrected chi connectivity index (χ4v) is 3.37. The highest BCUT2D eigenvalue weighted by Crippen LogP contribution is 2.44. The smallest absolute Gasteiger partial charge is 0.308 e. The van der Waals surface area contributed by atoms with Gasteiger partial charge in [-0.25, -0.2) is 0 Å². The maximum atomic E-state index is 11.4. The molecule has 3 nitrogen and oxygen atoms in total. The third-order valence-electron chi connectivity index (χ3n) is 3.21. The fourth-order valence-electron chi connectivity index (χ4n) is 1.74. The predicted octanol–water partition coefficient (Wildman–Crippen LogP) is 1.83. The van der Waals surface area contributed by atoms with Gasteiger partial charge in [-0.3, -0.25) is 4.79 Å². The van der Waals surface area contributed by atoms with Gasteiger partial charge in [-0.05, 0) is 24.5 Å². The van der Waals surface area contributed by atoms with Crippen LogP contribution in [0, 0.1) is 5.41 Å². The summed E-state index contributed by atoms with van der Waals surface area (Å²) < 4.78 is 4.89. The standard InChI is InChI=1S/C11H20O3S/c1-4-14-9(12)7-11(13)8-15-6-5-10(11,2)3/h13H,4-8H2,1-3H3. The van der Waals surface area contributed by atoms with Crippen LogP contribution < -0.4 is 0 Å². The Morgan fingerprint density at radius 2 is 2.20 bits per heavy atom. The lowest BCUT2D eigenvalue weighted by Crippen LogP contribution is -2.51. The lowest BCUT2D eigenvalue weighted by molar-refractivity contribution is -0.153. The summed E-state index contributed by atoms with van der Waals surface area (Å²) in [6, 6.07) is 0. The Labute approximate surface area is 95.6 Å². The van der Waals surface area contributed by atoms with Crippen molar-refractivity contribution in [2.24, 2.45) is 5.41 Å². The normalized spacial score (nSPS) is 29.9. The van der Waals surface area contributed by atoms with Crippen molar-refractivity contribution in [1.29, 1.82) is 0 Å². The highest BCUT2D eigenvalue weighted by molar-refractivity contribution is 7.99. The highest BCUT2D eigenvalue weighted by atomic mass is 32.2. The Balaban J connectivity index is 2.66. The number of aliphatic hydroxyl groups is 1. The van der Waals surface area contributed by atoms with Crippen molar-refractivity contribution in [1.82, 2.24) is 0 Å². The number of carbonyl (C=O) groups excluding carboxylic acids is 1. The van der Waals surface area contributed by atoms with Crippen LogP contribution in [0.3, 0.4) is 0 Å². The first-order chi connectivity index (χ1) is 6.91. The van der Waals surface area contributed by atoms with Crippen molar-refractivity contribution < 1.29 is 14.6 Å². The largest absolute Gasteiger partial charge is 0.466 e. The first-order valence-electron chi connectivity index (χ1n) is 5.37. The second kappa shape index (κ2) is 4.74. The Hall–Kier alpha value is -0.220. The van der Waals surface area contributed by atoms with E-state index in [1.54, 1.807) is 18.7 Å². The molecule has 0 spiro atoms. The van der Waals surface area contributed by atoms with E-state index in [1.165, 1.54) is 0 Å². The summed E-state index contributed by atoms with van der Waals surface area (Å²) in [4.78, 5) is 11.4. The Kier molecular flexibility index (Phi) is 4.06. The molecule has 0 aromatic heterocycles. The average Bonchev–Trinajstić information content (AvgIpc) is 2.11. The molecule has 0 bridgehead atoms. The van der Waals surface area contributed by atoms with E-state index in [2.05, 4.69) is 0 Å². The van der Waals surface area contributed by atoms with Gasteiger partial charge in [0.2, 0.25) is 0 Å². The van der Waals surface area contributed by atoms with Crippen LogP contribution in [-0.2, 0) is 9.53 Å². The van der Waals surface area contributed by atoms with Gasteiger partial charge in [0.05, 0.1) is 18.6 Å². The molecular weight excluding hydrogens is 212 g/mol. The van der Waals surface area contributed by atoms with Gasteiger partial charge in [0.15, 0.2) is 0 Å². The quantitative estimate of drug-likeness (QED) is 0.754. The van der Waals surface area contributed by atoms with Crippen LogP contribution in [0.1, 0.15) is 33.6 Å². The first-order valence-corrected chi connectivity index (χ1v) is 6.52. The highest BCUT2D eigenvalue weighted by Gasteiger charge is 2.47. The van der Waals surface area contributed by atoms with Crippen molar-refractivity contribution in [2.45, 2.75) is 39.2 Å². The van der Waals surface area contributed by atoms with Crippen LogP contribution in [-0.4, -0.2) is 34.8 Å². The molecule has 1 rings (SSSR count). The third kappa shape index (κ3) is 2.88. The van der Waals surface area contributed by atoms with Gasteiger partial charge < -0.3 is 9.84 Å². The van der Waals surface area contributed by atoms with Gasteiger partial charge in [0, 0.05) is 5.75 Å². The van der Waals surface area contributed by atoms with E-state index < -0.39 is 5.60 Å². The summed E-state index contributed by atoms with van der Waals surface area (Å²) >= 11 is 1.71. The zero-order valence-corrected chi connectivity index (χ0v) is 10.5. The molecule has 0 saturated carbocycles. The molecule has 0 aromatic carbocycles. The van der Waals surface area contributed by atoms with Gasteiger partial charge in [0.1, 0.15) is 0 Å². The first kappa shape index (κ1) is 12.8. The molecule has 0 amide bonds. The Morgan fingerprint density at radius 3 is 2.73 bits per heavy atom. The van der Waals surface area contributed by atoms with E-state index in [0.29, 0.717) is 12.4 Å². The molecule has 0 radical (unpaired) electrons. The molecule has 1 aliphatic heterocycles. The summed E-state index contributed by atoms with van der Waals surface area (Å²) in [5, 5.41) is 10.5. The summed E-state index contributed by atoms with van der Waals surface area (Å²) in [5.41, 5.74) is -1.12. The lowest BCUT2D eigenvalue weighted by atomic mass is 9.72. The average molecular weight is 232 g/mol. The molecule has 0 aliphatic carbocycles. The zero-order valence-electron chi connectivity index (χ0n) is 9.71. The monoisotopic (exact) mass is 232 g/mol. The molecular formula is C11H20O3S. The number of ether oxygens (including phenoxy) is 1. The van der Waals surface area contributed by atoms with Gasteiger partial charge in [-0.2, -0.15) is 11.8 Å². The van der Waals surface area contributed by atoms with E-state index in [0.717, 1.165) is 12.2 Å². The molecule has 1 fully saturated rings. The minimum atomic E-state index is -0.915. The van der Waals surface area contributed by atoms with Crippen LogP contribution in [0.5, 0.6) is 0 Å². The SMILES string of the molecule is CCOC(=O)CC1(O)CSCCC1(C)C. The van der Waals surface area contributed by atoms with E-state index >= 15 is 0 Å². The predicted molar refractivity (Wildman–Crippen MR) is 61.9 cm³/mol. The molecule has 1 aliphatic rings. The molecule has 15 heavy (non-hydrogen) atoms. The summed E-state index contributed by atoms with van der Waals surface area (Å²) in [6.45, 7) is 6.20.